The molecule has 1 aromatic heterocycles. The summed E-state index contributed by atoms with van der Waals surface area (Å²) in [5, 5.41) is 2.48. The molecule has 10 nitrogen and oxygen atoms in total. The highest BCUT2D eigenvalue weighted by atomic mass is 35.5. The molecule has 0 fully saturated rings. The van der Waals surface area contributed by atoms with Crippen molar-refractivity contribution in [3.8, 4) is 0 Å². The minimum Gasteiger partial charge on any atom is -0.748 e. The van der Waals surface area contributed by atoms with Gasteiger partial charge in [0.1, 0.15) is 5.82 Å². The Morgan fingerprint density at radius 3 is 2.27 bits per heavy atom. The average Bonchev–Trinajstić information content (AvgIpc) is 3.33. The molecule has 0 saturated carbocycles. The van der Waals surface area contributed by atoms with Crippen molar-refractivity contribution >= 4 is 82.8 Å². The van der Waals surface area contributed by atoms with E-state index in [1.807, 2.05) is 50.8 Å². The number of hydrogen-bond donors (Lipinski definition) is 0. The van der Waals surface area contributed by atoms with Gasteiger partial charge >= 0.3 is 5.89 Å². The third-order valence-electron chi connectivity index (χ3n) is 6.71. The summed E-state index contributed by atoms with van der Waals surface area (Å²) in [5.74, 6) is -0.114. The Balaban J connectivity index is 1.65. The van der Waals surface area contributed by atoms with Crippen LogP contribution in [-0.4, -0.2) is 51.0 Å². The third-order valence-corrected chi connectivity index (χ3v) is 9.01. The molecule has 2 heterocycles. The fraction of sp³-hybridized carbons (Fsp3) is 0.269. The van der Waals surface area contributed by atoms with Crippen LogP contribution in [0.2, 0.25) is 10.0 Å². The first-order chi connectivity index (χ1) is 18.8. The molecule has 1 aliphatic rings. The smallest absolute Gasteiger partial charge is 0.377 e. The van der Waals surface area contributed by atoms with Crippen molar-refractivity contribution in [2.75, 3.05) is 34.9 Å². The highest BCUT2D eigenvalue weighted by molar-refractivity contribution is 7.85. The Bertz CT molecular complexity index is 1870. The number of nitrogens with zero attached hydrogens (tertiary/aromatic N) is 3. The van der Waals surface area contributed by atoms with Crippen molar-refractivity contribution in [2.24, 2.45) is 0 Å². The minimum atomic E-state index is -4.42. The maximum atomic E-state index is 11.3. The van der Waals surface area contributed by atoms with Gasteiger partial charge < -0.3 is 23.3 Å². The summed E-state index contributed by atoms with van der Waals surface area (Å²) >= 11 is 12.6. The summed E-state index contributed by atoms with van der Waals surface area (Å²) < 4.78 is 76.0. The van der Waals surface area contributed by atoms with E-state index in [4.69, 9.17) is 27.6 Å². The Hall–Kier alpha value is -2.87. The van der Waals surface area contributed by atoms with E-state index in [2.05, 4.69) is 0 Å². The number of benzene rings is 3. The second-order valence-corrected chi connectivity index (χ2v) is 13.3. The monoisotopic (exact) mass is 624 g/mol. The maximum Gasteiger partial charge on any atom is 0.377 e. The SMILES string of the molecule is CN1C(=Cc2oc3ccc4ccccc4c3[n+]2CCCS(=O)(=O)[O-])N(CCCS(=O)(=O)[O-])c2cc(Cl)c(Cl)cc21. The molecule has 3 aromatic carbocycles. The molecule has 5 rings (SSSR count). The van der Waals surface area contributed by atoms with Crippen molar-refractivity contribution in [3.05, 3.63) is 70.3 Å². The molecule has 14 heteroatoms. The zero-order valence-electron chi connectivity index (χ0n) is 21.2. The minimum absolute atomic E-state index is 0.0584. The number of aryl methyl sites for hydroxylation is 1. The first kappa shape index (κ1) is 28.7. The third kappa shape index (κ3) is 5.92. The highest BCUT2D eigenvalue weighted by Crippen LogP contribution is 2.45. The van der Waals surface area contributed by atoms with Crippen LogP contribution in [0.25, 0.3) is 27.9 Å². The molecule has 0 saturated heterocycles. The molecule has 1 aliphatic heterocycles. The molecule has 0 amide bonds. The fourth-order valence-corrected chi connectivity index (χ4v) is 6.24. The van der Waals surface area contributed by atoms with E-state index in [0.29, 0.717) is 38.7 Å². The number of aromatic nitrogens is 1. The lowest BCUT2D eigenvalue weighted by Crippen LogP contribution is -2.37. The van der Waals surface area contributed by atoms with E-state index in [1.54, 1.807) is 25.3 Å². The normalized spacial score (nSPS) is 15.1. The van der Waals surface area contributed by atoms with Crippen molar-refractivity contribution in [2.45, 2.75) is 19.4 Å². The largest absolute Gasteiger partial charge is 0.748 e. The summed E-state index contributed by atoms with van der Waals surface area (Å²) in [7, 11) is -7.04. The van der Waals surface area contributed by atoms with Crippen LogP contribution < -0.4 is 14.4 Å². The topological polar surface area (TPSA) is 138 Å². The zero-order chi connectivity index (χ0) is 28.8. The van der Waals surface area contributed by atoms with Crippen LogP contribution in [0.3, 0.4) is 0 Å². The van der Waals surface area contributed by atoms with Crippen LogP contribution in [0, 0.1) is 0 Å². The van der Waals surface area contributed by atoms with E-state index in [1.165, 1.54) is 0 Å². The molecule has 0 atom stereocenters. The molecule has 4 aromatic rings. The van der Waals surface area contributed by atoms with Gasteiger partial charge in [0, 0.05) is 31.5 Å². The van der Waals surface area contributed by atoms with Gasteiger partial charge in [-0.3, -0.25) is 0 Å². The summed E-state index contributed by atoms with van der Waals surface area (Å²) in [6.45, 7) is 0.366. The predicted molar refractivity (Wildman–Crippen MR) is 152 cm³/mol. The van der Waals surface area contributed by atoms with Crippen molar-refractivity contribution < 1.29 is 34.9 Å². The van der Waals surface area contributed by atoms with Crippen LogP contribution >= 0.6 is 23.2 Å². The Labute approximate surface area is 241 Å². The number of anilines is 2. The second kappa shape index (κ2) is 10.8. The first-order valence-corrected chi connectivity index (χ1v) is 16.2. The molecular formula is C26H24Cl2N3O7S2-. The number of hydrogen-bond acceptors (Lipinski definition) is 9. The fourth-order valence-electron chi connectivity index (χ4n) is 4.96. The van der Waals surface area contributed by atoms with Crippen molar-refractivity contribution in [1.82, 2.24) is 0 Å². The van der Waals surface area contributed by atoms with Gasteiger partial charge in [-0.25, -0.2) is 16.8 Å². The Morgan fingerprint density at radius 2 is 1.57 bits per heavy atom. The van der Waals surface area contributed by atoms with Gasteiger partial charge in [-0.2, -0.15) is 4.57 Å². The summed E-state index contributed by atoms with van der Waals surface area (Å²) in [5.41, 5.74) is 2.67. The van der Waals surface area contributed by atoms with Crippen molar-refractivity contribution in [1.29, 1.82) is 0 Å². The van der Waals surface area contributed by atoms with Gasteiger partial charge in [0.05, 0.1) is 53.1 Å². The molecule has 0 N–H and O–H groups in total. The summed E-state index contributed by atoms with van der Waals surface area (Å²) in [4.78, 5) is 3.65. The van der Waals surface area contributed by atoms with Crippen LogP contribution in [-0.2, 0) is 26.8 Å². The molecule has 0 unspecified atom stereocenters. The van der Waals surface area contributed by atoms with Crippen LogP contribution in [0.1, 0.15) is 18.7 Å². The Kier molecular flexibility index (Phi) is 7.77. The molecule has 40 heavy (non-hydrogen) atoms. The standard InChI is InChI=1S/C26H25Cl2N3O7S2/c1-29-21-14-19(27)20(28)15-22(21)30(10-4-12-39(32,33)34)24(29)16-25-31(11-5-13-40(35,36)37)26-18-7-3-2-6-17(18)8-9-23(26)38-25/h2-3,6-9,14-16H,4-5,10-13H2,1H3,(H-,32,33,34,35,36,37)/p-1. The molecule has 0 spiro atoms. The molecule has 0 bridgehead atoms. The van der Waals surface area contributed by atoms with E-state index < -0.39 is 31.7 Å². The lowest BCUT2D eigenvalue weighted by atomic mass is 10.1. The number of fused-ring (bicyclic) bond motifs is 4. The van der Waals surface area contributed by atoms with Gasteiger partial charge in [-0.1, -0.05) is 47.5 Å². The highest BCUT2D eigenvalue weighted by Gasteiger charge is 2.33. The average molecular weight is 626 g/mol. The molecular weight excluding hydrogens is 601 g/mol. The second-order valence-electron chi connectivity index (χ2n) is 9.42. The quantitative estimate of drug-likeness (QED) is 0.197. The molecule has 0 radical (unpaired) electrons. The van der Waals surface area contributed by atoms with Gasteiger partial charge in [0.2, 0.25) is 5.58 Å². The Morgan fingerprint density at radius 1 is 0.925 bits per heavy atom. The van der Waals surface area contributed by atoms with E-state index >= 15 is 0 Å². The summed E-state index contributed by atoms with van der Waals surface area (Å²) in [6, 6.07) is 14.8. The van der Waals surface area contributed by atoms with E-state index in [9.17, 15) is 25.9 Å². The lowest BCUT2D eigenvalue weighted by molar-refractivity contribution is -0.677. The number of rotatable bonds is 9. The van der Waals surface area contributed by atoms with E-state index in [-0.39, 0.29) is 25.9 Å². The number of oxazole rings is 1. The van der Waals surface area contributed by atoms with Gasteiger partial charge in [0.15, 0.2) is 6.54 Å². The lowest BCUT2D eigenvalue weighted by Gasteiger charge is -2.22. The molecule has 212 valence electrons. The van der Waals surface area contributed by atoms with Crippen molar-refractivity contribution in [3.63, 3.8) is 0 Å². The van der Waals surface area contributed by atoms with Gasteiger partial charge in [-0.05, 0) is 36.1 Å². The van der Waals surface area contributed by atoms with Gasteiger partial charge in [-0.15, -0.1) is 0 Å². The first-order valence-electron chi connectivity index (χ1n) is 12.3. The summed E-state index contributed by atoms with van der Waals surface area (Å²) in [6.07, 6.45) is 1.87. The van der Waals surface area contributed by atoms with Crippen LogP contribution in [0.5, 0.6) is 0 Å². The predicted octanol–water partition coefficient (Wildman–Crippen LogP) is 4.31. The van der Waals surface area contributed by atoms with Crippen LogP contribution in [0.4, 0.5) is 11.4 Å². The van der Waals surface area contributed by atoms with Gasteiger partial charge in [0.25, 0.3) is 5.52 Å². The molecule has 0 aliphatic carbocycles. The zero-order valence-corrected chi connectivity index (χ0v) is 24.4. The van der Waals surface area contributed by atoms with Crippen LogP contribution in [0.15, 0.2) is 58.8 Å². The van der Waals surface area contributed by atoms with E-state index in [0.717, 1.165) is 16.3 Å². The number of halogens is 2. The maximum absolute atomic E-state index is 11.3.